The van der Waals surface area contributed by atoms with Crippen LogP contribution in [0.4, 0.5) is 26.3 Å². The molecule has 4 atom stereocenters. The van der Waals surface area contributed by atoms with Crippen LogP contribution in [0.3, 0.4) is 0 Å². The molecule has 2 fully saturated rings. The van der Waals surface area contributed by atoms with Crippen molar-refractivity contribution >= 4 is 23.2 Å². The molecular weight excluding hydrogens is 1010 g/mol. The third-order valence-corrected chi connectivity index (χ3v) is 14.2. The van der Waals surface area contributed by atoms with Crippen LogP contribution >= 0.6 is 23.2 Å². The Morgan fingerprint density at radius 1 is 0.500 bits per heavy atom. The van der Waals surface area contributed by atoms with Crippen LogP contribution in [0.25, 0.3) is 22.9 Å². The molecule has 2 aliphatic rings. The minimum atomic E-state index is -1.69. The highest BCUT2D eigenvalue weighted by Gasteiger charge is 2.47. The zero-order valence-electron chi connectivity index (χ0n) is 40.4. The number of rotatable bonds is 14. The molecule has 10 rings (SSSR count). The lowest BCUT2D eigenvalue weighted by Gasteiger charge is -2.50. The van der Waals surface area contributed by atoms with E-state index in [1.165, 1.54) is 52.0 Å². The second-order valence-electron chi connectivity index (χ2n) is 19.9. The van der Waals surface area contributed by atoms with Crippen molar-refractivity contribution in [2.24, 2.45) is 11.8 Å². The van der Waals surface area contributed by atoms with Gasteiger partial charge in [0, 0.05) is 71.3 Å². The number of benzene rings is 6. The number of nitrogens with one attached hydrogen (secondary N) is 2. The monoisotopic (exact) mass is 1050 g/mol. The molecule has 2 aliphatic heterocycles. The fraction of sp³-hybridized carbons (Fsp3) is 0.286. The Bertz CT molecular complexity index is 3100. The molecular formula is C56H50Cl2F6N6O4. The molecule has 18 heteroatoms. The molecule has 8 aromatic rings. The molecule has 384 valence electrons. The van der Waals surface area contributed by atoms with Gasteiger partial charge in [-0.25, -0.2) is 46.1 Å². The average Bonchev–Trinajstić information content (AvgIpc) is 3.95. The van der Waals surface area contributed by atoms with Gasteiger partial charge in [0.1, 0.15) is 34.6 Å². The number of likely N-dealkylation sites (tertiary alicyclic amines) is 2. The summed E-state index contributed by atoms with van der Waals surface area (Å²) in [6, 6.07) is 36.0. The second kappa shape index (κ2) is 21.3. The molecule has 0 aliphatic carbocycles. The predicted molar refractivity (Wildman–Crippen MR) is 270 cm³/mol. The van der Waals surface area contributed by atoms with E-state index in [1.54, 1.807) is 36.4 Å². The van der Waals surface area contributed by atoms with Gasteiger partial charge in [-0.1, -0.05) is 71.7 Å². The van der Waals surface area contributed by atoms with E-state index in [-0.39, 0.29) is 35.7 Å². The number of nitrogens with zero attached hydrogens (tertiary/aromatic N) is 4. The quantitative estimate of drug-likeness (QED) is 0.103. The highest BCUT2D eigenvalue weighted by atomic mass is 35.5. The van der Waals surface area contributed by atoms with E-state index in [4.69, 9.17) is 32.0 Å². The first-order chi connectivity index (χ1) is 35.2. The molecule has 0 saturated carbocycles. The van der Waals surface area contributed by atoms with Gasteiger partial charge in [-0.05, 0) is 146 Å². The summed E-state index contributed by atoms with van der Waals surface area (Å²) >= 11 is 12.3. The minimum absolute atomic E-state index is 0.163. The van der Waals surface area contributed by atoms with Crippen molar-refractivity contribution in [2.45, 2.75) is 63.0 Å². The third kappa shape index (κ3) is 11.8. The molecule has 2 aromatic heterocycles. The van der Waals surface area contributed by atoms with Gasteiger partial charge < -0.3 is 8.83 Å². The Morgan fingerprint density at radius 3 is 1.14 bits per heavy atom. The fourth-order valence-electron chi connectivity index (χ4n) is 10.8. The Hall–Kier alpha value is -6.72. The van der Waals surface area contributed by atoms with Crippen LogP contribution in [0.15, 0.2) is 152 Å². The van der Waals surface area contributed by atoms with Gasteiger partial charge in [-0.15, -0.1) is 10.2 Å². The van der Waals surface area contributed by atoms with E-state index >= 15 is 8.78 Å². The smallest absolute Gasteiger partial charge is 0.388 e. The van der Waals surface area contributed by atoms with Crippen molar-refractivity contribution in [2.75, 3.05) is 26.2 Å². The Labute approximate surface area is 432 Å². The van der Waals surface area contributed by atoms with Crippen LogP contribution in [0.1, 0.15) is 85.0 Å². The number of halogens is 8. The van der Waals surface area contributed by atoms with E-state index < -0.39 is 58.0 Å². The van der Waals surface area contributed by atoms with Crippen LogP contribution in [0.5, 0.6) is 0 Å². The first-order valence-corrected chi connectivity index (χ1v) is 24.5. The largest absolute Gasteiger partial charge is 0.434 e. The van der Waals surface area contributed by atoms with Gasteiger partial charge in [0.25, 0.3) is 0 Å². The zero-order chi connectivity index (χ0) is 52.6. The number of alkyl halides is 2. The standard InChI is InChI=1S/2C28H25ClF3N3O2/c2*1-28(2,32)24(19-11-22(30)13-23(31)12-19)20-14-35(15-20)25(16-6-8-21(29)9-7-16)17-4-3-5-18(10-17)26-33-34-27(36)37-26/h2*3-13,20,24-25H,14-15H2,1-2H3,(H,34,36)/t2*24-,25+/m11/s1. The van der Waals surface area contributed by atoms with E-state index in [1.807, 2.05) is 60.7 Å². The molecule has 0 amide bonds. The summed E-state index contributed by atoms with van der Waals surface area (Å²) in [5.41, 5.74) is 2.27. The maximum absolute atomic E-state index is 15.4. The first kappa shape index (κ1) is 52.2. The number of aromatic amines is 2. The molecule has 2 N–H and O–H groups in total. The van der Waals surface area contributed by atoms with Crippen molar-refractivity contribution in [3.8, 4) is 22.9 Å². The van der Waals surface area contributed by atoms with Crippen LogP contribution in [0, 0.1) is 35.1 Å². The van der Waals surface area contributed by atoms with Crippen molar-refractivity contribution in [1.29, 1.82) is 0 Å². The molecule has 74 heavy (non-hydrogen) atoms. The van der Waals surface area contributed by atoms with Crippen molar-refractivity contribution in [3.05, 3.63) is 221 Å². The third-order valence-electron chi connectivity index (χ3n) is 13.7. The summed E-state index contributed by atoms with van der Waals surface area (Å²) < 4.78 is 97.1. The van der Waals surface area contributed by atoms with E-state index in [0.29, 0.717) is 58.5 Å². The number of H-pyrrole nitrogens is 2. The van der Waals surface area contributed by atoms with Crippen LogP contribution in [-0.2, 0) is 0 Å². The van der Waals surface area contributed by atoms with E-state index in [0.717, 1.165) is 34.4 Å². The first-order valence-electron chi connectivity index (χ1n) is 23.8. The lowest BCUT2D eigenvalue weighted by Crippen LogP contribution is -2.53. The molecule has 2 saturated heterocycles. The number of aromatic nitrogens is 4. The summed E-state index contributed by atoms with van der Waals surface area (Å²) in [7, 11) is 0. The summed E-state index contributed by atoms with van der Waals surface area (Å²) in [4.78, 5) is 27.3. The Morgan fingerprint density at radius 2 is 0.838 bits per heavy atom. The highest BCUT2D eigenvalue weighted by molar-refractivity contribution is 6.30. The van der Waals surface area contributed by atoms with Crippen LogP contribution in [0.2, 0.25) is 10.0 Å². The molecule has 0 bridgehead atoms. The maximum atomic E-state index is 15.4. The minimum Gasteiger partial charge on any atom is -0.388 e. The summed E-state index contributed by atoms with van der Waals surface area (Å²) in [6.07, 6.45) is 0. The van der Waals surface area contributed by atoms with E-state index in [2.05, 4.69) is 30.2 Å². The predicted octanol–water partition coefficient (Wildman–Crippen LogP) is 13.0. The van der Waals surface area contributed by atoms with E-state index in [9.17, 15) is 27.2 Å². The van der Waals surface area contributed by atoms with Gasteiger partial charge in [0.2, 0.25) is 11.8 Å². The Kier molecular flexibility index (Phi) is 15.0. The highest BCUT2D eigenvalue weighted by Crippen LogP contribution is 2.48. The maximum Gasteiger partial charge on any atom is 0.434 e. The molecule has 0 radical (unpaired) electrons. The molecule has 4 heterocycles. The number of hydrogen-bond acceptors (Lipinski definition) is 8. The summed E-state index contributed by atoms with van der Waals surface area (Å²) in [6.45, 7) is 7.80. The lowest BCUT2D eigenvalue weighted by atomic mass is 9.72. The summed E-state index contributed by atoms with van der Waals surface area (Å²) in [5.74, 6) is -5.53. The number of hydrogen-bond donors (Lipinski definition) is 2. The van der Waals surface area contributed by atoms with Gasteiger partial charge >= 0.3 is 11.5 Å². The molecule has 0 spiro atoms. The van der Waals surface area contributed by atoms with Gasteiger partial charge in [0.15, 0.2) is 0 Å². The van der Waals surface area contributed by atoms with Crippen molar-refractivity contribution < 1.29 is 35.2 Å². The van der Waals surface area contributed by atoms with Crippen LogP contribution < -0.4 is 11.5 Å². The molecule has 6 aromatic carbocycles. The normalized spacial score (nSPS) is 16.4. The van der Waals surface area contributed by atoms with Gasteiger partial charge in [-0.2, -0.15) is 0 Å². The Balaban J connectivity index is 0.000000182. The van der Waals surface area contributed by atoms with Crippen molar-refractivity contribution in [3.63, 3.8) is 0 Å². The summed E-state index contributed by atoms with van der Waals surface area (Å²) in [5, 5.41) is 13.6. The van der Waals surface area contributed by atoms with Gasteiger partial charge in [0.05, 0.1) is 12.1 Å². The zero-order valence-corrected chi connectivity index (χ0v) is 42.0. The van der Waals surface area contributed by atoms with Crippen molar-refractivity contribution in [1.82, 2.24) is 30.2 Å². The lowest BCUT2D eigenvalue weighted by molar-refractivity contribution is 0.00789. The molecule has 0 unspecified atom stereocenters. The SMILES string of the molecule is CC(C)(F)[C@H](c1cc(F)cc(F)c1)C1CN([C@@H](c2ccc(Cl)cc2)c2cccc(-c3n[nH]c(=O)o3)c2)C1.CC(C)(F)[C@H](c1cc(F)cc(F)c1)C1CN([C@@H](c2ccc(Cl)cc2)c2cccc(-c3n[nH]c(=O)o3)c2)C1. The topological polar surface area (TPSA) is 124 Å². The average molecular weight is 1060 g/mol. The van der Waals surface area contributed by atoms with Gasteiger partial charge in [-0.3, -0.25) is 9.80 Å². The van der Waals surface area contributed by atoms with Crippen LogP contribution in [-0.4, -0.2) is 67.7 Å². The fourth-order valence-corrected chi connectivity index (χ4v) is 11.1. The molecule has 10 nitrogen and oxygen atoms in total. The second-order valence-corrected chi connectivity index (χ2v) is 20.8.